The maximum absolute atomic E-state index is 13.7. The summed E-state index contributed by atoms with van der Waals surface area (Å²) in [5, 5.41) is 59.2. The van der Waals surface area contributed by atoms with Crippen molar-refractivity contribution < 1.29 is 64.0 Å². The minimum Gasteiger partial charge on any atom is -0.507 e. The van der Waals surface area contributed by atoms with Crippen molar-refractivity contribution in [2.45, 2.75) is 95.1 Å². The molecule has 0 saturated carbocycles. The monoisotopic (exact) mass is 809 g/mol. The number of hydrogen-bond donors (Lipinski definition) is 11. The number of phenolic OH excluding ortho intramolecular Hbond substituents is 1. The fourth-order valence-corrected chi connectivity index (χ4v) is 5.60. The molecule has 6 unspecified atom stereocenters. The summed E-state index contributed by atoms with van der Waals surface area (Å²) in [6.07, 6.45) is -1.62. The predicted octanol–water partition coefficient (Wildman–Crippen LogP) is -2.69. The van der Waals surface area contributed by atoms with Crippen LogP contribution in [0.3, 0.4) is 0 Å². The number of rotatable bonds is 25. The number of nitrogens with two attached hydrogens (primary N) is 1. The number of hydroxylamine groups is 3. The molecule has 6 amide bonds. The molecule has 0 spiro atoms. The van der Waals surface area contributed by atoms with Crippen molar-refractivity contribution in [3.8, 4) is 5.75 Å². The highest BCUT2D eigenvalue weighted by Crippen LogP contribution is 2.21. The van der Waals surface area contributed by atoms with Gasteiger partial charge in [0, 0.05) is 40.0 Å². The summed E-state index contributed by atoms with van der Waals surface area (Å²) in [5.41, 5.74) is 7.89. The largest absolute Gasteiger partial charge is 0.507 e. The van der Waals surface area contributed by atoms with Gasteiger partial charge in [-0.25, -0.2) is 20.3 Å². The second-order valence-electron chi connectivity index (χ2n) is 13.3. The number of aliphatic hydroxyl groups excluding tert-OH is 1. The summed E-state index contributed by atoms with van der Waals surface area (Å²) < 4.78 is 5.45. The second kappa shape index (κ2) is 24.3. The average Bonchev–Trinajstić information content (AvgIpc) is 3.66. The highest BCUT2D eigenvalue weighted by atomic mass is 16.5. The number of benzene rings is 1. The lowest BCUT2D eigenvalue weighted by Gasteiger charge is -2.33. The molecule has 1 heterocycles. The lowest BCUT2D eigenvalue weighted by molar-refractivity contribution is -0.163. The molecule has 0 bridgehead atoms. The number of aliphatic hydroxyl groups is 1. The van der Waals surface area contributed by atoms with Crippen molar-refractivity contribution >= 4 is 47.3 Å². The minimum atomic E-state index is -1.55. The zero-order valence-electron chi connectivity index (χ0n) is 32.2. The molecule has 1 aromatic rings. The van der Waals surface area contributed by atoms with Crippen molar-refractivity contribution in [2.75, 3.05) is 39.8 Å². The Morgan fingerprint density at radius 2 is 1.63 bits per heavy atom. The summed E-state index contributed by atoms with van der Waals surface area (Å²) in [6, 6.07) is -0.256. The molecule has 22 nitrogen and oxygen atoms in total. The Morgan fingerprint density at radius 3 is 2.25 bits per heavy atom. The molecule has 57 heavy (non-hydrogen) atoms. The van der Waals surface area contributed by atoms with E-state index in [0.717, 1.165) is 11.8 Å². The van der Waals surface area contributed by atoms with Gasteiger partial charge in [0.25, 0.3) is 0 Å². The van der Waals surface area contributed by atoms with Crippen LogP contribution >= 0.6 is 0 Å². The number of nitrogens with zero attached hydrogens (tertiary/aromatic N) is 3. The number of hydrogen-bond acceptors (Lipinski definition) is 15. The number of aromatic hydroxyl groups is 1. The third-order valence-electron chi connectivity index (χ3n) is 8.86. The number of aliphatic imine (C=N–C) groups is 1. The summed E-state index contributed by atoms with van der Waals surface area (Å²) in [6.45, 7) is 2.03. The van der Waals surface area contributed by atoms with Crippen LogP contribution in [0.4, 0.5) is 0 Å². The number of carboxylic acids is 1. The lowest BCUT2D eigenvalue weighted by Crippen LogP contribution is -2.59. The lowest BCUT2D eigenvalue weighted by atomic mass is 10.0. The quantitative estimate of drug-likeness (QED) is 0.0272. The summed E-state index contributed by atoms with van der Waals surface area (Å²) in [7, 11) is 1.25. The van der Waals surface area contributed by atoms with Crippen molar-refractivity contribution in [1.82, 2.24) is 36.7 Å². The first-order chi connectivity index (χ1) is 27.0. The van der Waals surface area contributed by atoms with Crippen molar-refractivity contribution in [3.05, 3.63) is 29.8 Å². The zero-order valence-corrected chi connectivity index (χ0v) is 32.2. The second-order valence-corrected chi connectivity index (χ2v) is 13.3. The molecule has 318 valence electrons. The highest BCUT2D eigenvalue weighted by Gasteiger charge is 2.36. The van der Waals surface area contributed by atoms with Crippen LogP contribution in [0, 0.1) is 0 Å². The molecular weight excluding hydrogens is 754 g/mol. The zero-order chi connectivity index (χ0) is 42.7. The summed E-state index contributed by atoms with van der Waals surface area (Å²) in [5.74, 6) is -5.91. The van der Waals surface area contributed by atoms with Gasteiger partial charge in [0.15, 0.2) is 6.04 Å². The van der Waals surface area contributed by atoms with Crippen LogP contribution in [0.25, 0.3) is 0 Å². The number of ether oxygens (including phenoxy) is 1. The van der Waals surface area contributed by atoms with E-state index in [1.165, 1.54) is 20.0 Å². The SMILES string of the molecule is CC(=O)N(O)CCCC(NC(=O)C(CCCN)NC(=O)C(CCCNO)N(C)C(=O)C(NC(=O)CCNC(=O)C1COC(c2ccccc2O)=N1)C(C)O)C(=O)O. The van der Waals surface area contributed by atoms with Gasteiger partial charge in [0.2, 0.25) is 41.3 Å². The van der Waals surface area contributed by atoms with Gasteiger partial charge in [-0.3, -0.25) is 34.0 Å². The molecule has 0 saturated heterocycles. The van der Waals surface area contributed by atoms with E-state index in [-0.39, 0.29) is 89.4 Å². The number of aliphatic carboxylic acids is 1. The van der Waals surface area contributed by atoms with E-state index in [1.807, 2.05) is 5.48 Å². The van der Waals surface area contributed by atoms with Crippen LogP contribution in [0.5, 0.6) is 5.75 Å². The number of carboxylic acid groups (broad SMARTS) is 1. The smallest absolute Gasteiger partial charge is 0.326 e. The van der Waals surface area contributed by atoms with Crippen LogP contribution in [0.15, 0.2) is 29.3 Å². The highest BCUT2D eigenvalue weighted by molar-refractivity contribution is 6.00. The Hall–Kier alpha value is -5.42. The number of amides is 6. The molecular formula is C35H55N9O13. The fourth-order valence-electron chi connectivity index (χ4n) is 5.60. The normalized spacial score (nSPS) is 16.1. The number of carbonyl (C=O) groups is 7. The van der Waals surface area contributed by atoms with Gasteiger partial charge in [-0.2, -0.15) is 0 Å². The molecule has 6 atom stereocenters. The van der Waals surface area contributed by atoms with E-state index < -0.39 is 77.7 Å². The number of para-hydroxylation sites is 1. The van der Waals surface area contributed by atoms with Gasteiger partial charge >= 0.3 is 5.97 Å². The predicted molar refractivity (Wildman–Crippen MR) is 199 cm³/mol. The van der Waals surface area contributed by atoms with Crippen LogP contribution in [0.2, 0.25) is 0 Å². The Balaban J connectivity index is 2.10. The topological polar surface area (TPSA) is 335 Å². The Kier molecular flexibility index (Phi) is 20.3. The third kappa shape index (κ3) is 15.6. The van der Waals surface area contributed by atoms with Gasteiger partial charge in [0.1, 0.15) is 36.5 Å². The number of carbonyl (C=O) groups excluding carboxylic acids is 6. The summed E-state index contributed by atoms with van der Waals surface area (Å²) in [4.78, 5) is 94.7. The standard InChI is InChI=1S/C35H55N9O13/c1-20(45)29(42-28(48)14-17-37-30(49)25-19-57-33(41-25)22-9-4-5-13-27(22)47)34(52)43(3)26(12-7-16-38-55)32(51)39-23(10-6-15-36)31(50)40-24(35(53)54)11-8-18-44(56)21(2)46/h4-5,9,13,20,23-26,29,38,45,47,55-56H,6-8,10-12,14-19,36H2,1-3H3,(H,37,49)(H,39,51)(H,40,50)(H,42,48)(H,53,54). The van der Waals surface area contributed by atoms with Gasteiger partial charge in [0.05, 0.1) is 11.7 Å². The van der Waals surface area contributed by atoms with Crippen molar-refractivity contribution in [3.63, 3.8) is 0 Å². The molecule has 0 radical (unpaired) electrons. The Labute approximate surface area is 329 Å². The molecule has 12 N–H and O–H groups in total. The van der Waals surface area contributed by atoms with E-state index in [1.54, 1.807) is 18.2 Å². The van der Waals surface area contributed by atoms with Gasteiger partial charge < -0.3 is 57.2 Å². The number of phenols is 1. The van der Waals surface area contributed by atoms with E-state index in [0.29, 0.717) is 10.6 Å². The molecule has 22 heteroatoms. The molecule has 0 aliphatic carbocycles. The third-order valence-corrected chi connectivity index (χ3v) is 8.86. The van der Waals surface area contributed by atoms with E-state index in [4.69, 9.17) is 15.7 Å². The molecule has 1 aromatic carbocycles. The van der Waals surface area contributed by atoms with Crippen molar-refractivity contribution in [1.29, 1.82) is 0 Å². The maximum atomic E-state index is 13.7. The first-order valence-corrected chi connectivity index (χ1v) is 18.4. The molecule has 1 aliphatic heterocycles. The number of likely N-dealkylation sites (N-methyl/N-ethyl adjacent to an activating group) is 1. The van der Waals surface area contributed by atoms with Crippen LogP contribution in [0.1, 0.15) is 64.4 Å². The molecule has 0 fully saturated rings. The average molecular weight is 810 g/mol. The van der Waals surface area contributed by atoms with E-state index in [9.17, 15) is 54.1 Å². The van der Waals surface area contributed by atoms with Crippen LogP contribution in [-0.2, 0) is 38.3 Å². The number of nitrogens with one attached hydrogen (secondary N) is 5. The van der Waals surface area contributed by atoms with Gasteiger partial charge in [-0.1, -0.05) is 12.1 Å². The maximum Gasteiger partial charge on any atom is 0.326 e. The summed E-state index contributed by atoms with van der Waals surface area (Å²) >= 11 is 0. The first-order valence-electron chi connectivity index (χ1n) is 18.4. The van der Waals surface area contributed by atoms with Gasteiger partial charge in [-0.05, 0) is 64.1 Å². The van der Waals surface area contributed by atoms with E-state index >= 15 is 0 Å². The van der Waals surface area contributed by atoms with E-state index in [2.05, 4.69) is 26.3 Å². The van der Waals surface area contributed by atoms with Crippen molar-refractivity contribution in [2.24, 2.45) is 10.7 Å². The minimum absolute atomic E-state index is 0.00864. The first kappa shape index (κ1) is 47.7. The molecule has 0 aromatic heterocycles. The fraction of sp³-hybridized carbons (Fsp3) is 0.600. The van der Waals surface area contributed by atoms with Crippen LogP contribution in [-0.4, -0.2) is 159 Å². The Morgan fingerprint density at radius 1 is 0.965 bits per heavy atom. The molecule has 1 aliphatic rings. The van der Waals surface area contributed by atoms with Crippen LogP contribution < -0.4 is 32.5 Å². The van der Waals surface area contributed by atoms with Gasteiger partial charge in [-0.15, -0.1) is 0 Å². The Bertz CT molecular complexity index is 1580. The molecule has 2 rings (SSSR count).